The lowest BCUT2D eigenvalue weighted by atomic mass is 10.1. The highest BCUT2D eigenvalue weighted by Crippen LogP contribution is 2.43. The summed E-state index contributed by atoms with van der Waals surface area (Å²) in [4.78, 5) is 0.991. The topological polar surface area (TPSA) is 71.0 Å². The molecule has 0 amide bonds. The first-order valence-corrected chi connectivity index (χ1v) is 9.78. The van der Waals surface area contributed by atoms with Crippen molar-refractivity contribution in [3.63, 3.8) is 0 Å². The average molecular weight is 389 g/mol. The van der Waals surface area contributed by atoms with Crippen LogP contribution >= 0.6 is 0 Å². The molecule has 2 heterocycles. The second-order valence-electron chi connectivity index (χ2n) is 6.89. The minimum Gasteiger partial charge on any atom is -0.377 e. The summed E-state index contributed by atoms with van der Waals surface area (Å²) in [6, 6.07) is 0.629. The van der Waals surface area contributed by atoms with Gasteiger partial charge in [-0.1, -0.05) is 0 Å². The maximum Gasteiger partial charge on any atom is 0.286 e. The van der Waals surface area contributed by atoms with E-state index >= 15 is 0 Å². The predicted octanol–water partition coefficient (Wildman–Crippen LogP) is 2.61. The van der Waals surface area contributed by atoms with E-state index in [0.29, 0.717) is 5.84 Å². The van der Waals surface area contributed by atoms with Crippen LogP contribution in [0.2, 0.25) is 0 Å². The van der Waals surface area contributed by atoms with Gasteiger partial charge in [-0.3, -0.25) is 0 Å². The molecule has 1 atom stereocenters. The van der Waals surface area contributed by atoms with Crippen molar-refractivity contribution in [2.75, 3.05) is 30.0 Å². The quantitative estimate of drug-likeness (QED) is 0.861. The molecule has 4 rings (SSSR count). The third-order valence-electron chi connectivity index (χ3n) is 4.78. The van der Waals surface area contributed by atoms with Crippen molar-refractivity contribution in [3.8, 4) is 0 Å². The van der Waals surface area contributed by atoms with E-state index in [9.17, 15) is 21.6 Å². The molecule has 26 heavy (non-hydrogen) atoms. The molecule has 2 aliphatic heterocycles. The molecular weight excluding hydrogens is 371 g/mol. The van der Waals surface area contributed by atoms with Crippen LogP contribution in [0.15, 0.2) is 21.4 Å². The van der Waals surface area contributed by atoms with E-state index in [0.717, 1.165) is 31.9 Å². The van der Waals surface area contributed by atoms with Crippen LogP contribution in [0.3, 0.4) is 0 Å². The summed E-state index contributed by atoms with van der Waals surface area (Å²) in [6.07, 6.45) is 1.61. The Labute approximate surface area is 149 Å². The Morgan fingerprint density at radius 3 is 2.73 bits per heavy atom. The van der Waals surface area contributed by atoms with Crippen LogP contribution < -0.4 is 10.2 Å². The van der Waals surface area contributed by atoms with Gasteiger partial charge in [0.05, 0.1) is 24.6 Å². The summed E-state index contributed by atoms with van der Waals surface area (Å²) in [7, 11) is -4.09. The number of hydrogen-bond acceptors (Lipinski definition) is 5. The highest BCUT2D eigenvalue weighted by Gasteiger charge is 2.43. The minimum atomic E-state index is -4.09. The van der Waals surface area contributed by atoms with Crippen LogP contribution in [0.4, 0.5) is 24.5 Å². The smallest absolute Gasteiger partial charge is 0.286 e. The molecule has 0 aromatic heterocycles. The van der Waals surface area contributed by atoms with Crippen LogP contribution in [0.1, 0.15) is 19.8 Å². The molecule has 10 heteroatoms. The summed E-state index contributed by atoms with van der Waals surface area (Å²) in [5.41, 5.74) is 0.200. The Bertz CT molecular complexity index is 879. The van der Waals surface area contributed by atoms with Crippen LogP contribution in [-0.2, 0) is 14.8 Å². The number of nitrogens with one attached hydrogen (secondary N) is 1. The van der Waals surface area contributed by atoms with Crippen LogP contribution in [0.5, 0.6) is 0 Å². The van der Waals surface area contributed by atoms with Crippen molar-refractivity contribution in [3.05, 3.63) is 17.9 Å². The number of halogens is 3. The van der Waals surface area contributed by atoms with Gasteiger partial charge in [-0.05, 0) is 25.0 Å². The van der Waals surface area contributed by atoms with Crippen molar-refractivity contribution < 1.29 is 26.3 Å². The number of amidine groups is 1. The Morgan fingerprint density at radius 1 is 1.35 bits per heavy atom. The fourth-order valence-electron chi connectivity index (χ4n) is 3.30. The van der Waals surface area contributed by atoms with Gasteiger partial charge in [0.15, 0.2) is 0 Å². The maximum atomic E-state index is 14.2. The lowest BCUT2D eigenvalue weighted by Crippen LogP contribution is -2.54. The molecule has 0 spiro atoms. The first-order chi connectivity index (χ1) is 12.2. The zero-order chi connectivity index (χ0) is 18.7. The largest absolute Gasteiger partial charge is 0.377 e. The lowest BCUT2D eigenvalue weighted by molar-refractivity contribution is -0.0526. The third-order valence-corrected chi connectivity index (χ3v) is 6.10. The van der Waals surface area contributed by atoms with Crippen LogP contribution in [-0.4, -0.2) is 46.0 Å². The van der Waals surface area contributed by atoms with E-state index in [1.165, 1.54) is 4.90 Å². The number of hydrogen-bond donors (Lipinski definition) is 1. The summed E-state index contributed by atoms with van der Waals surface area (Å²) < 4.78 is 76.2. The SMILES string of the molecule is CC(F)(F)[C@H]1COCCN1c1cc(F)cc2c1NC(C1CC1)=NS2(=O)=O. The van der Waals surface area contributed by atoms with Crippen molar-refractivity contribution in [2.24, 2.45) is 10.3 Å². The van der Waals surface area contributed by atoms with Gasteiger partial charge < -0.3 is 15.0 Å². The molecule has 142 valence electrons. The predicted molar refractivity (Wildman–Crippen MR) is 89.9 cm³/mol. The highest BCUT2D eigenvalue weighted by molar-refractivity contribution is 7.90. The minimum absolute atomic E-state index is 0.00364. The summed E-state index contributed by atoms with van der Waals surface area (Å²) in [5.74, 6) is -3.64. The molecule has 1 aliphatic carbocycles. The normalized spacial score (nSPS) is 25.3. The van der Waals surface area contributed by atoms with E-state index in [2.05, 4.69) is 9.71 Å². The number of fused-ring (bicyclic) bond motifs is 1. The van der Waals surface area contributed by atoms with Gasteiger partial charge in [0.2, 0.25) is 0 Å². The van der Waals surface area contributed by atoms with Gasteiger partial charge in [-0.15, -0.1) is 4.40 Å². The van der Waals surface area contributed by atoms with Crippen molar-refractivity contribution in [1.29, 1.82) is 0 Å². The lowest BCUT2D eigenvalue weighted by Gasteiger charge is -2.41. The highest BCUT2D eigenvalue weighted by atomic mass is 32.2. The third kappa shape index (κ3) is 3.05. The van der Waals surface area contributed by atoms with E-state index in [4.69, 9.17) is 4.74 Å². The molecule has 0 radical (unpaired) electrons. The van der Waals surface area contributed by atoms with Gasteiger partial charge in [-0.2, -0.15) is 8.42 Å². The number of rotatable bonds is 3. The first-order valence-electron chi connectivity index (χ1n) is 8.34. The number of benzene rings is 1. The summed E-state index contributed by atoms with van der Waals surface area (Å²) >= 11 is 0. The van der Waals surface area contributed by atoms with Crippen LogP contribution in [0.25, 0.3) is 0 Å². The van der Waals surface area contributed by atoms with Gasteiger partial charge in [0, 0.05) is 19.4 Å². The van der Waals surface area contributed by atoms with E-state index in [1.807, 2.05) is 0 Å². The Hall–Kier alpha value is -1.81. The molecule has 1 saturated carbocycles. The van der Waals surface area contributed by atoms with Crippen molar-refractivity contribution in [1.82, 2.24) is 0 Å². The Kier molecular flexibility index (Phi) is 3.96. The fraction of sp³-hybridized carbons (Fsp3) is 0.562. The molecule has 0 unspecified atom stereocenters. The fourth-order valence-corrected chi connectivity index (χ4v) is 4.53. The monoisotopic (exact) mass is 389 g/mol. The standard InChI is InChI=1S/C16H18F3N3O3S/c1-16(18,19)13-8-25-5-4-22(13)11-6-10(17)7-12-14(11)20-15(9-2-3-9)21-26(12,23)24/h6-7,9,13H,2-5,8H2,1H3,(H,20,21)/t13-/m1/s1. The molecule has 3 aliphatic rings. The van der Waals surface area contributed by atoms with Crippen LogP contribution in [0, 0.1) is 11.7 Å². The zero-order valence-electron chi connectivity index (χ0n) is 14.0. The van der Waals surface area contributed by atoms with Gasteiger partial charge in [0.1, 0.15) is 22.6 Å². The van der Waals surface area contributed by atoms with E-state index in [1.54, 1.807) is 0 Å². The summed E-state index contributed by atoms with van der Waals surface area (Å²) in [6.45, 7) is 0.827. The number of ether oxygens (including phenoxy) is 1. The van der Waals surface area contributed by atoms with Crippen molar-refractivity contribution in [2.45, 2.75) is 36.6 Å². The van der Waals surface area contributed by atoms with Gasteiger partial charge in [-0.25, -0.2) is 13.2 Å². The van der Waals surface area contributed by atoms with Gasteiger partial charge in [0.25, 0.3) is 15.9 Å². The molecule has 1 aromatic carbocycles. The average Bonchev–Trinajstić information content (AvgIpc) is 3.38. The molecule has 6 nitrogen and oxygen atoms in total. The molecule has 1 saturated heterocycles. The maximum absolute atomic E-state index is 14.2. The Balaban J connectivity index is 1.85. The van der Waals surface area contributed by atoms with Crippen molar-refractivity contribution >= 4 is 27.2 Å². The Morgan fingerprint density at radius 2 is 2.08 bits per heavy atom. The number of nitrogens with zero attached hydrogens (tertiary/aromatic N) is 2. The first kappa shape index (κ1) is 17.6. The molecule has 1 N–H and O–H groups in total. The second kappa shape index (κ2) is 5.85. The number of alkyl halides is 2. The zero-order valence-corrected chi connectivity index (χ0v) is 14.8. The number of anilines is 2. The molecular formula is C16H18F3N3O3S. The van der Waals surface area contributed by atoms with E-state index < -0.39 is 27.8 Å². The van der Waals surface area contributed by atoms with Gasteiger partial charge >= 0.3 is 0 Å². The molecule has 2 fully saturated rings. The summed E-state index contributed by atoms with van der Waals surface area (Å²) in [5, 5.41) is 2.96. The van der Waals surface area contributed by atoms with E-state index in [-0.39, 0.29) is 41.9 Å². The molecule has 1 aromatic rings. The number of sulfonamides is 1. The second-order valence-corrected chi connectivity index (χ2v) is 8.46. The number of morpholine rings is 1. The molecule has 0 bridgehead atoms.